The summed E-state index contributed by atoms with van der Waals surface area (Å²) in [6.45, 7) is 0.565. The topological polar surface area (TPSA) is 45.2 Å². The summed E-state index contributed by atoms with van der Waals surface area (Å²) in [5.41, 5.74) is 2.96. The Morgan fingerprint density at radius 1 is 1.00 bits per heavy atom. The lowest BCUT2D eigenvalue weighted by atomic mass is 10.1. The third-order valence-electron chi connectivity index (χ3n) is 3.18. The van der Waals surface area contributed by atoms with Gasteiger partial charge in [-0.1, -0.05) is 36.4 Å². The molecule has 96 valence electrons. The van der Waals surface area contributed by atoms with Crippen LogP contribution in [0.25, 0.3) is 10.9 Å². The summed E-state index contributed by atoms with van der Waals surface area (Å²) < 4.78 is 5.86. The highest BCUT2D eigenvalue weighted by Crippen LogP contribution is 2.28. The molecule has 3 nitrogen and oxygen atoms in total. The van der Waals surface area contributed by atoms with Gasteiger partial charge in [-0.15, -0.1) is 0 Å². The van der Waals surface area contributed by atoms with Gasteiger partial charge in [-0.3, -0.25) is 0 Å². The second-order valence-electron chi connectivity index (χ2n) is 4.42. The maximum atomic E-state index is 9.29. The van der Waals surface area contributed by atoms with Crippen molar-refractivity contribution in [2.75, 3.05) is 0 Å². The Labute approximate surface area is 111 Å². The zero-order chi connectivity index (χ0) is 13.1. The molecule has 0 spiro atoms. The summed E-state index contributed by atoms with van der Waals surface area (Å²) in [7, 11) is 0. The molecular weight excluding hydrogens is 238 g/mol. The summed E-state index contributed by atoms with van der Waals surface area (Å²) in [5, 5.41) is 10.3. The van der Waals surface area contributed by atoms with Gasteiger partial charge in [-0.25, -0.2) is 0 Å². The Bertz CT molecular complexity index is 674. The van der Waals surface area contributed by atoms with Crippen molar-refractivity contribution in [1.82, 2.24) is 4.98 Å². The maximum Gasteiger partial charge on any atom is 0.129 e. The van der Waals surface area contributed by atoms with Crippen LogP contribution in [0, 0.1) is 0 Å². The number of H-pyrrole nitrogens is 1. The van der Waals surface area contributed by atoms with E-state index in [1.54, 1.807) is 0 Å². The number of ether oxygens (including phenoxy) is 1. The van der Waals surface area contributed by atoms with Crippen LogP contribution in [-0.2, 0) is 13.2 Å². The average molecular weight is 253 g/mol. The van der Waals surface area contributed by atoms with E-state index >= 15 is 0 Å². The molecule has 0 radical (unpaired) electrons. The first kappa shape index (κ1) is 11.8. The lowest BCUT2D eigenvalue weighted by Crippen LogP contribution is -1.96. The number of aromatic amines is 1. The predicted octanol–water partition coefficient (Wildman–Crippen LogP) is 3.24. The highest BCUT2D eigenvalue weighted by molar-refractivity contribution is 5.88. The van der Waals surface area contributed by atoms with Crippen molar-refractivity contribution in [3.63, 3.8) is 0 Å². The van der Waals surface area contributed by atoms with Crippen LogP contribution in [0.1, 0.15) is 11.1 Å². The van der Waals surface area contributed by atoms with Crippen LogP contribution in [0.15, 0.2) is 54.7 Å². The quantitative estimate of drug-likeness (QED) is 0.749. The first-order valence-corrected chi connectivity index (χ1v) is 6.25. The molecule has 2 N–H and O–H groups in total. The van der Waals surface area contributed by atoms with Gasteiger partial charge in [-0.2, -0.15) is 0 Å². The highest BCUT2D eigenvalue weighted by Gasteiger charge is 2.07. The summed E-state index contributed by atoms with van der Waals surface area (Å²) in [6.07, 6.45) is 1.86. The van der Waals surface area contributed by atoms with Gasteiger partial charge in [0, 0.05) is 17.1 Å². The molecule has 0 aliphatic heterocycles. The molecule has 0 unspecified atom stereocenters. The third kappa shape index (κ3) is 2.33. The lowest BCUT2D eigenvalue weighted by molar-refractivity contribution is 0.282. The molecule has 0 fully saturated rings. The van der Waals surface area contributed by atoms with E-state index in [0.717, 1.165) is 27.8 Å². The first-order valence-electron chi connectivity index (χ1n) is 6.25. The molecule has 0 amide bonds. The fourth-order valence-corrected chi connectivity index (χ4v) is 2.18. The molecule has 3 rings (SSSR count). The van der Waals surface area contributed by atoms with Gasteiger partial charge in [-0.05, 0) is 17.7 Å². The van der Waals surface area contributed by atoms with E-state index < -0.39 is 0 Å². The molecule has 3 heteroatoms. The minimum atomic E-state index is 0.0238. The van der Waals surface area contributed by atoms with Gasteiger partial charge in [0.25, 0.3) is 0 Å². The van der Waals surface area contributed by atoms with Gasteiger partial charge < -0.3 is 14.8 Å². The molecular formula is C16H15NO2. The van der Waals surface area contributed by atoms with E-state index in [0.29, 0.717) is 6.61 Å². The van der Waals surface area contributed by atoms with Crippen LogP contribution in [-0.4, -0.2) is 10.1 Å². The van der Waals surface area contributed by atoms with Crippen LogP contribution in [0.5, 0.6) is 5.75 Å². The molecule has 2 aromatic carbocycles. The summed E-state index contributed by atoms with van der Waals surface area (Å²) in [6, 6.07) is 15.8. The molecule has 3 aromatic rings. The zero-order valence-corrected chi connectivity index (χ0v) is 10.5. The molecule has 1 heterocycles. The average Bonchev–Trinajstić information content (AvgIpc) is 2.95. The number of aromatic nitrogens is 1. The van der Waals surface area contributed by atoms with Crippen LogP contribution >= 0.6 is 0 Å². The summed E-state index contributed by atoms with van der Waals surface area (Å²) in [4.78, 5) is 3.14. The third-order valence-corrected chi connectivity index (χ3v) is 3.18. The highest BCUT2D eigenvalue weighted by atomic mass is 16.5. The van der Waals surface area contributed by atoms with E-state index in [1.807, 2.05) is 54.7 Å². The van der Waals surface area contributed by atoms with Crippen molar-refractivity contribution in [1.29, 1.82) is 0 Å². The van der Waals surface area contributed by atoms with Crippen molar-refractivity contribution < 1.29 is 9.84 Å². The summed E-state index contributed by atoms with van der Waals surface area (Å²) >= 11 is 0. The monoisotopic (exact) mass is 253 g/mol. The van der Waals surface area contributed by atoms with Crippen LogP contribution in [0.3, 0.4) is 0 Å². The number of rotatable bonds is 4. The number of benzene rings is 2. The molecule has 19 heavy (non-hydrogen) atoms. The Morgan fingerprint density at radius 3 is 2.63 bits per heavy atom. The van der Waals surface area contributed by atoms with Gasteiger partial charge in [0.15, 0.2) is 0 Å². The predicted molar refractivity (Wildman–Crippen MR) is 75.0 cm³/mol. The van der Waals surface area contributed by atoms with Crippen LogP contribution in [0.4, 0.5) is 0 Å². The number of fused-ring (bicyclic) bond motifs is 1. The van der Waals surface area contributed by atoms with Crippen molar-refractivity contribution >= 4 is 10.9 Å². The second kappa shape index (κ2) is 5.16. The number of hydrogen-bond acceptors (Lipinski definition) is 2. The largest absolute Gasteiger partial charge is 0.488 e. The fourth-order valence-electron chi connectivity index (χ4n) is 2.18. The van der Waals surface area contributed by atoms with Crippen molar-refractivity contribution in [2.45, 2.75) is 13.2 Å². The standard InChI is InChI=1S/C16H15NO2/c18-10-13-6-7-15(14-8-9-17-16(13)14)19-11-12-4-2-1-3-5-12/h1-9,17-18H,10-11H2. The number of aliphatic hydroxyl groups is 1. The van der Waals surface area contributed by atoms with Crippen LogP contribution in [0.2, 0.25) is 0 Å². The number of nitrogens with one attached hydrogen (secondary N) is 1. The minimum Gasteiger partial charge on any atom is -0.488 e. The molecule has 1 aromatic heterocycles. The van der Waals surface area contributed by atoms with Crippen molar-refractivity contribution in [3.8, 4) is 5.75 Å². The van der Waals surface area contributed by atoms with E-state index in [1.165, 1.54) is 0 Å². The van der Waals surface area contributed by atoms with E-state index in [9.17, 15) is 5.11 Å². The van der Waals surface area contributed by atoms with E-state index in [2.05, 4.69) is 4.98 Å². The molecule has 0 saturated carbocycles. The smallest absolute Gasteiger partial charge is 0.129 e. The SMILES string of the molecule is OCc1ccc(OCc2ccccc2)c2cc[nH]c12. The Hall–Kier alpha value is -2.26. The normalized spacial score (nSPS) is 10.8. The molecule has 0 aliphatic rings. The minimum absolute atomic E-state index is 0.0238. The fraction of sp³-hybridized carbons (Fsp3) is 0.125. The molecule has 0 saturated heterocycles. The Balaban J connectivity index is 1.87. The van der Waals surface area contributed by atoms with E-state index in [-0.39, 0.29) is 6.61 Å². The van der Waals surface area contributed by atoms with Crippen molar-refractivity contribution in [3.05, 3.63) is 65.9 Å². The van der Waals surface area contributed by atoms with Gasteiger partial charge >= 0.3 is 0 Å². The second-order valence-corrected chi connectivity index (χ2v) is 4.42. The van der Waals surface area contributed by atoms with Crippen molar-refractivity contribution in [2.24, 2.45) is 0 Å². The van der Waals surface area contributed by atoms with Gasteiger partial charge in [0.2, 0.25) is 0 Å². The molecule has 0 atom stereocenters. The molecule has 0 bridgehead atoms. The van der Waals surface area contributed by atoms with Crippen LogP contribution < -0.4 is 4.74 Å². The van der Waals surface area contributed by atoms with E-state index in [4.69, 9.17) is 4.74 Å². The lowest BCUT2D eigenvalue weighted by Gasteiger charge is -2.09. The van der Waals surface area contributed by atoms with Gasteiger partial charge in [0.05, 0.1) is 12.1 Å². The summed E-state index contributed by atoms with van der Waals surface area (Å²) in [5.74, 6) is 0.831. The van der Waals surface area contributed by atoms with Gasteiger partial charge in [0.1, 0.15) is 12.4 Å². The Morgan fingerprint density at radius 2 is 1.84 bits per heavy atom. The Kier molecular flexibility index (Phi) is 3.21. The number of aliphatic hydroxyl groups excluding tert-OH is 1. The zero-order valence-electron chi connectivity index (χ0n) is 10.5. The molecule has 0 aliphatic carbocycles. The first-order chi connectivity index (χ1) is 9.38. The maximum absolute atomic E-state index is 9.29. The number of hydrogen-bond donors (Lipinski definition) is 2.